The Kier molecular flexibility index (Phi) is 4.90. The molecular formula is C12H11BrN2. The highest BCUT2D eigenvalue weighted by atomic mass is 79.9. The van der Waals surface area contributed by atoms with E-state index >= 15 is 0 Å². The van der Waals surface area contributed by atoms with Gasteiger partial charge >= 0.3 is 0 Å². The second-order valence-electron chi connectivity index (χ2n) is 2.95. The van der Waals surface area contributed by atoms with Crippen LogP contribution < -0.4 is 5.32 Å². The molecule has 76 valence electrons. The third-order valence-corrected chi connectivity index (χ3v) is 2.48. The predicted molar refractivity (Wildman–Crippen MR) is 64.6 cm³/mol. The molecule has 0 aliphatic rings. The lowest BCUT2D eigenvalue weighted by atomic mass is 10.1. The first kappa shape index (κ1) is 11.8. The van der Waals surface area contributed by atoms with Crippen LogP contribution in [0.5, 0.6) is 0 Å². The number of nitriles is 1. The van der Waals surface area contributed by atoms with Gasteiger partial charge in [-0.1, -0.05) is 33.8 Å². The normalized spacial score (nSPS) is 8.87. The first-order valence-corrected chi connectivity index (χ1v) is 5.66. The Bertz CT molecular complexity index is 435. The molecule has 0 saturated heterocycles. The minimum absolute atomic E-state index is 0.647. The van der Waals surface area contributed by atoms with Gasteiger partial charge in [0.25, 0.3) is 0 Å². The standard InChI is InChI=1S/C12H11BrN2/c1-15-6-2-3-11-7-10(9-14)4-5-12(11)8-13/h4-5,7,15H,6,8H2,1H3. The number of hydrogen-bond acceptors (Lipinski definition) is 2. The summed E-state index contributed by atoms with van der Waals surface area (Å²) in [6, 6.07) is 7.66. The van der Waals surface area contributed by atoms with E-state index in [-0.39, 0.29) is 0 Å². The SMILES string of the molecule is CNCC#Cc1cc(C#N)ccc1CBr. The third-order valence-electron chi connectivity index (χ3n) is 1.87. The fraction of sp³-hybridized carbons (Fsp3) is 0.250. The molecule has 2 nitrogen and oxygen atoms in total. The molecule has 0 bridgehead atoms. The molecule has 15 heavy (non-hydrogen) atoms. The molecule has 3 heteroatoms. The fourth-order valence-electron chi connectivity index (χ4n) is 1.11. The Hall–Kier alpha value is -1.29. The Morgan fingerprint density at radius 3 is 2.87 bits per heavy atom. The van der Waals surface area contributed by atoms with Crippen LogP contribution in [0.4, 0.5) is 0 Å². The maximum atomic E-state index is 8.77. The summed E-state index contributed by atoms with van der Waals surface area (Å²) in [6.45, 7) is 0.651. The van der Waals surface area contributed by atoms with Crippen LogP contribution in [0.3, 0.4) is 0 Å². The Balaban J connectivity index is 3.04. The van der Waals surface area contributed by atoms with Gasteiger partial charge in [-0.2, -0.15) is 5.26 Å². The van der Waals surface area contributed by atoms with E-state index in [1.165, 1.54) is 0 Å². The van der Waals surface area contributed by atoms with Gasteiger partial charge < -0.3 is 5.32 Å². The van der Waals surface area contributed by atoms with Crippen molar-refractivity contribution in [3.8, 4) is 17.9 Å². The molecule has 0 radical (unpaired) electrons. The highest BCUT2D eigenvalue weighted by molar-refractivity contribution is 9.08. The zero-order chi connectivity index (χ0) is 11.1. The van der Waals surface area contributed by atoms with Crippen LogP contribution in [0, 0.1) is 23.2 Å². The number of hydrogen-bond donors (Lipinski definition) is 1. The minimum atomic E-state index is 0.647. The van der Waals surface area contributed by atoms with E-state index < -0.39 is 0 Å². The van der Waals surface area contributed by atoms with Gasteiger partial charge in [-0.05, 0) is 24.7 Å². The minimum Gasteiger partial charge on any atom is -0.309 e. The van der Waals surface area contributed by atoms with Gasteiger partial charge in [-0.15, -0.1) is 0 Å². The molecule has 0 aliphatic heterocycles. The van der Waals surface area contributed by atoms with Gasteiger partial charge in [0.2, 0.25) is 0 Å². The quantitative estimate of drug-likeness (QED) is 0.654. The van der Waals surface area contributed by atoms with Crippen LogP contribution in [0.1, 0.15) is 16.7 Å². The van der Waals surface area contributed by atoms with Gasteiger partial charge in [0, 0.05) is 10.9 Å². The molecule has 1 aromatic carbocycles. The van der Waals surface area contributed by atoms with Crippen LogP contribution in [-0.4, -0.2) is 13.6 Å². The lowest BCUT2D eigenvalue weighted by Crippen LogP contribution is -2.04. The number of nitrogens with one attached hydrogen (secondary N) is 1. The topological polar surface area (TPSA) is 35.8 Å². The lowest BCUT2D eigenvalue weighted by molar-refractivity contribution is 0.938. The van der Waals surface area contributed by atoms with Crippen LogP contribution in [-0.2, 0) is 5.33 Å². The van der Waals surface area contributed by atoms with Gasteiger partial charge in [0.1, 0.15) is 0 Å². The van der Waals surface area contributed by atoms with Crippen molar-refractivity contribution in [2.45, 2.75) is 5.33 Å². The molecule has 1 N–H and O–H groups in total. The van der Waals surface area contributed by atoms with Crippen molar-refractivity contribution < 1.29 is 0 Å². The largest absolute Gasteiger partial charge is 0.309 e. The van der Waals surface area contributed by atoms with E-state index in [4.69, 9.17) is 5.26 Å². The van der Waals surface area contributed by atoms with E-state index in [9.17, 15) is 0 Å². The van der Waals surface area contributed by atoms with Gasteiger partial charge in [-0.25, -0.2) is 0 Å². The molecule has 0 aliphatic carbocycles. The molecule has 1 aromatic rings. The number of alkyl halides is 1. The molecule has 0 aromatic heterocycles. The van der Waals surface area contributed by atoms with Gasteiger partial charge in [0.05, 0.1) is 18.2 Å². The second-order valence-corrected chi connectivity index (χ2v) is 3.51. The van der Waals surface area contributed by atoms with E-state index in [1.807, 2.05) is 19.2 Å². The van der Waals surface area contributed by atoms with Gasteiger partial charge in [0.15, 0.2) is 0 Å². The number of halogens is 1. The van der Waals surface area contributed by atoms with E-state index in [0.717, 1.165) is 16.5 Å². The Labute approximate surface area is 98.4 Å². The highest BCUT2D eigenvalue weighted by Crippen LogP contribution is 2.13. The molecule has 0 heterocycles. The van der Waals surface area contributed by atoms with E-state index in [0.29, 0.717) is 12.1 Å². The summed E-state index contributed by atoms with van der Waals surface area (Å²) < 4.78 is 0. The average Bonchev–Trinajstić information content (AvgIpc) is 2.29. The summed E-state index contributed by atoms with van der Waals surface area (Å²) in [6.07, 6.45) is 0. The van der Waals surface area contributed by atoms with E-state index in [2.05, 4.69) is 39.2 Å². The fourth-order valence-corrected chi connectivity index (χ4v) is 1.60. The monoisotopic (exact) mass is 262 g/mol. The molecular weight excluding hydrogens is 252 g/mol. The second kappa shape index (κ2) is 6.24. The zero-order valence-corrected chi connectivity index (χ0v) is 10.1. The smallest absolute Gasteiger partial charge is 0.0992 e. The van der Waals surface area contributed by atoms with E-state index in [1.54, 1.807) is 6.07 Å². The Morgan fingerprint density at radius 2 is 2.27 bits per heavy atom. The third kappa shape index (κ3) is 3.40. The molecule has 0 saturated carbocycles. The van der Waals surface area contributed by atoms with Crippen LogP contribution >= 0.6 is 15.9 Å². The van der Waals surface area contributed by atoms with Crippen LogP contribution in [0.2, 0.25) is 0 Å². The van der Waals surface area contributed by atoms with Crippen molar-refractivity contribution in [2.75, 3.05) is 13.6 Å². The van der Waals surface area contributed by atoms with Gasteiger partial charge in [-0.3, -0.25) is 0 Å². The summed E-state index contributed by atoms with van der Waals surface area (Å²) in [4.78, 5) is 0. The van der Waals surface area contributed by atoms with Crippen molar-refractivity contribution in [3.05, 3.63) is 34.9 Å². The summed E-state index contributed by atoms with van der Waals surface area (Å²) in [5.74, 6) is 6.03. The molecule has 0 spiro atoms. The maximum absolute atomic E-state index is 8.77. The zero-order valence-electron chi connectivity index (χ0n) is 8.47. The maximum Gasteiger partial charge on any atom is 0.0992 e. The first-order chi connectivity index (χ1) is 7.31. The van der Waals surface area contributed by atoms with Crippen LogP contribution in [0.25, 0.3) is 0 Å². The highest BCUT2D eigenvalue weighted by Gasteiger charge is 1.99. The lowest BCUT2D eigenvalue weighted by Gasteiger charge is -2.00. The van der Waals surface area contributed by atoms with Crippen LogP contribution in [0.15, 0.2) is 18.2 Å². The summed E-state index contributed by atoms with van der Waals surface area (Å²) in [5, 5.41) is 12.5. The average molecular weight is 263 g/mol. The number of benzene rings is 1. The molecule has 0 fully saturated rings. The molecule has 1 rings (SSSR count). The van der Waals surface area contributed by atoms with Crippen molar-refractivity contribution in [1.82, 2.24) is 5.32 Å². The van der Waals surface area contributed by atoms with Crippen molar-refractivity contribution >= 4 is 15.9 Å². The first-order valence-electron chi connectivity index (χ1n) is 4.54. The summed E-state index contributed by atoms with van der Waals surface area (Å²) in [5.41, 5.74) is 2.67. The van der Waals surface area contributed by atoms with Crippen molar-refractivity contribution in [3.63, 3.8) is 0 Å². The van der Waals surface area contributed by atoms with Crippen molar-refractivity contribution in [1.29, 1.82) is 5.26 Å². The Morgan fingerprint density at radius 1 is 1.47 bits per heavy atom. The molecule has 0 unspecified atom stereocenters. The number of rotatable bonds is 2. The predicted octanol–water partition coefficient (Wildman–Crippen LogP) is 2.02. The molecule has 0 atom stereocenters. The number of nitrogens with zero attached hydrogens (tertiary/aromatic N) is 1. The summed E-state index contributed by atoms with van der Waals surface area (Å²) >= 11 is 3.40. The molecule has 0 amide bonds. The summed E-state index contributed by atoms with van der Waals surface area (Å²) in [7, 11) is 1.85. The van der Waals surface area contributed by atoms with Crippen molar-refractivity contribution in [2.24, 2.45) is 0 Å².